The molecule has 0 aliphatic heterocycles. The number of aromatic nitrogens is 2. The van der Waals surface area contributed by atoms with E-state index in [-0.39, 0.29) is 5.54 Å². The maximum Gasteiger partial charge on any atom is 0.178 e. The van der Waals surface area contributed by atoms with Crippen molar-refractivity contribution in [3.63, 3.8) is 0 Å². The topological polar surface area (TPSA) is 20.7 Å². The second kappa shape index (κ2) is 4.39. The average molecular weight is 281 g/mol. The molecule has 2 aromatic rings. The molecule has 1 aromatic heterocycles. The van der Waals surface area contributed by atoms with E-state index in [1.807, 2.05) is 12.1 Å². The van der Waals surface area contributed by atoms with Gasteiger partial charge in [0.2, 0.25) is 0 Å². The predicted molar refractivity (Wildman–Crippen MR) is 78.9 cm³/mol. The Morgan fingerprint density at radius 3 is 2.72 bits per heavy atom. The number of hydrogen-bond donors (Lipinski definition) is 1. The normalized spacial score (nSPS) is 19.2. The fourth-order valence-electron chi connectivity index (χ4n) is 3.17. The van der Waals surface area contributed by atoms with E-state index in [2.05, 4.69) is 22.5 Å². The Labute approximate surface area is 117 Å². The molecule has 1 fully saturated rings. The van der Waals surface area contributed by atoms with Crippen LogP contribution in [0.1, 0.15) is 39.0 Å². The van der Waals surface area contributed by atoms with Crippen molar-refractivity contribution in [3.8, 4) is 0 Å². The Morgan fingerprint density at radius 1 is 1.28 bits per heavy atom. The van der Waals surface area contributed by atoms with E-state index < -0.39 is 0 Å². The van der Waals surface area contributed by atoms with Crippen LogP contribution in [0.5, 0.6) is 0 Å². The van der Waals surface area contributed by atoms with Gasteiger partial charge in [0.25, 0.3) is 0 Å². The Morgan fingerprint density at radius 2 is 2.00 bits per heavy atom. The van der Waals surface area contributed by atoms with Crippen molar-refractivity contribution in [2.75, 3.05) is 0 Å². The average Bonchev–Trinajstić information content (AvgIpc) is 2.68. The Bertz CT molecular complexity index is 635. The number of para-hydroxylation sites is 1. The first-order valence-electron chi connectivity index (χ1n) is 6.52. The molecule has 1 aliphatic carbocycles. The zero-order valence-corrected chi connectivity index (χ0v) is 12.1. The standard InChI is InChI=1S/C14H17ClN2S/c1-14(8-3-2-4-9-14)17-11-7-5-6-10(15)12(11)16-13(17)18/h5-7H,2-4,8-9H2,1H3,(H,16,18). The van der Waals surface area contributed by atoms with Crippen molar-refractivity contribution >= 4 is 34.9 Å². The van der Waals surface area contributed by atoms with Gasteiger partial charge < -0.3 is 9.55 Å². The fraction of sp³-hybridized carbons (Fsp3) is 0.500. The molecule has 0 atom stereocenters. The minimum absolute atomic E-state index is 0.137. The second-order valence-corrected chi connectivity index (χ2v) is 6.25. The van der Waals surface area contributed by atoms with Crippen molar-refractivity contribution in [2.24, 2.45) is 0 Å². The molecule has 0 unspecified atom stereocenters. The van der Waals surface area contributed by atoms with Crippen molar-refractivity contribution in [1.29, 1.82) is 0 Å². The maximum absolute atomic E-state index is 6.24. The van der Waals surface area contributed by atoms with Crippen LogP contribution in [-0.4, -0.2) is 9.55 Å². The zero-order valence-electron chi connectivity index (χ0n) is 10.5. The molecule has 0 bridgehead atoms. The lowest BCUT2D eigenvalue weighted by molar-refractivity contribution is 0.222. The van der Waals surface area contributed by atoms with Gasteiger partial charge in [0.1, 0.15) is 0 Å². The molecule has 0 radical (unpaired) electrons. The van der Waals surface area contributed by atoms with E-state index in [1.54, 1.807) is 0 Å². The van der Waals surface area contributed by atoms with E-state index >= 15 is 0 Å². The number of H-pyrrole nitrogens is 1. The molecule has 96 valence electrons. The van der Waals surface area contributed by atoms with Crippen molar-refractivity contribution < 1.29 is 0 Å². The lowest BCUT2D eigenvalue weighted by Crippen LogP contribution is -2.32. The molecule has 1 heterocycles. The summed E-state index contributed by atoms with van der Waals surface area (Å²) >= 11 is 11.7. The van der Waals surface area contributed by atoms with Gasteiger partial charge in [-0.1, -0.05) is 36.9 Å². The first kappa shape index (κ1) is 12.2. The smallest absolute Gasteiger partial charge is 0.178 e. The summed E-state index contributed by atoms with van der Waals surface area (Å²) in [6, 6.07) is 6.01. The van der Waals surface area contributed by atoms with Crippen LogP contribution in [0.25, 0.3) is 11.0 Å². The lowest BCUT2D eigenvalue weighted by Gasteiger charge is -2.35. The molecule has 0 spiro atoms. The molecule has 1 N–H and O–H groups in total. The highest BCUT2D eigenvalue weighted by atomic mass is 35.5. The summed E-state index contributed by atoms with van der Waals surface area (Å²) in [6.45, 7) is 2.32. The van der Waals surface area contributed by atoms with E-state index in [4.69, 9.17) is 23.8 Å². The molecule has 4 heteroatoms. The van der Waals surface area contributed by atoms with Crippen LogP contribution in [0.2, 0.25) is 5.02 Å². The molecule has 1 aromatic carbocycles. The largest absolute Gasteiger partial charge is 0.329 e. The Hall–Kier alpha value is -0.800. The zero-order chi connectivity index (χ0) is 12.8. The summed E-state index contributed by atoms with van der Waals surface area (Å²) in [4.78, 5) is 3.26. The van der Waals surface area contributed by atoms with Crippen molar-refractivity contribution in [1.82, 2.24) is 9.55 Å². The highest BCUT2D eigenvalue weighted by Gasteiger charge is 2.30. The van der Waals surface area contributed by atoms with Crippen LogP contribution in [0.4, 0.5) is 0 Å². The third-order valence-corrected chi connectivity index (χ3v) is 4.74. The third-order valence-electron chi connectivity index (χ3n) is 4.14. The number of benzene rings is 1. The van der Waals surface area contributed by atoms with E-state index in [9.17, 15) is 0 Å². The first-order chi connectivity index (χ1) is 8.62. The summed E-state index contributed by atoms with van der Waals surface area (Å²) in [5.74, 6) is 0. The summed E-state index contributed by atoms with van der Waals surface area (Å²) < 4.78 is 3.07. The highest BCUT2D eigenvalue weighted by molar-refractivity contribution is 7.71. The highest BCUT2D eigenvalue weighted by Crippen LogP contribution is 2.37. The number of hydrogen-bond acceptors (Lipinski definition) is 1. The number of nitrogens with zero attached hydrogens (tertiary/aromatic N) is 1. The van der Waals surface area contributed by atoms with Crippen LogP contribution in [0, 0.1) is 4.77 Å². The third kappa shape index (κ3) is 1.81. The Balaban J connectivity index is 2.25. The van der Waals surface area contributed by atoms with Crippen LogP contribution >= 0.6 is 23.8 Å². The fourth-order valence-corrected chi connectivity index (χ4v) is 3.81. The van der Waals surface area contributed by atoms with Gasteiger partial charge in [0, 0.05) is 5.54 Å². The van der Waals surface area contributed by atoms with Crippen LogP contribution in [-0.2, 0) is 5.54 Å². The molecule has 0 amide bonds. The molecular formula is C14H17ClN2S. The van der Waals surface area contributed by atoms with Gasteiger partial charge in [-0.3, -0.25) is 0 Å². The maximum atomic E-state index is 6.24. The minimum atomic E-state index is 0.137. The number of halogens is 1. The molecule has 0 saturated heterocycles. The summed E-state index contributed by atoms with van der Waals surface area (Å²) in [5, 5.41) is 0.747. The van der Waals surface area contributed by atoms with Gasteiger partial charge in [-0.2, -0.15) is 0 Å². The second-order valence-electron chi connectivity index (χ2n) is 5.46. The molecule has 1 aliphatic rings. The van der Waals surface area contributed by atoms with Gasteiger partial charge in [-0.25, -0.2) is 0 Å². The van der Waals surface area contributed by atoms with Gasteiger partial charge in [0.05, 0.1) is 16.1 Å². The molecule has 2 nitrogen and oxygen atoms in total. The number of nitrogens with one attached hydrogen (secondary N) is 1. The SMILES string of the molecule is CC1(n2c(=S)[nH]c3c(Cl)cccc32)CCCCC1. The van der Waals surface area contributed by atoms with Crippen molar-refractivity contribution in [3.05, 3.63) is 28.0 Å². The molecule has 18 heavy (non-hydrogen) atoms. The van der Waals surface area contributed by atoms with E-state index in [0.717, 1.165) is 20.8 Å². The van der Waals surface area contributed by atoms with Gasteiger partial charge >= 0.3 is 0 Å². The van der Waals surface area contributed by atoms with E-state index in [0.29, 0.717) is 0 Å². The number of aromatic amines is 1. The summed E-state index contributed by atoms with van der Waals surface area (Å²) in [5.41, 5.74) is 2.24. The molecule has 1 saturated carbocycles. The number of rotatable bonds is 1. The van der Waals surface area contributed by atoms with E-state index in [1.165, 1.54) is 32.1 Å². The lowest BCUT2D eigenvalue weighted by atomic mass is 9.83. The quantitative estimate of drug-likeness (QED) is 0.727. The van der Waals surface area contributed by atoms with Gasteiger partial charge in [-0.05, 0) is 44.1 Å². The first-order valence-corrected chi connectivity index (χ1v) is 7.30. The molecule has 3 rings (SSSR count). The van der Waals surface area contributed by atoms with Crippen LogP contribution < -0.4 is 0 Å². The minimum Gasteiger partial charge on any atom is -0.329 e. The predicted octanol–water partition coefficient (Wildman–Crippen LogP) is 5.03. The van der Waals surface area contributed by atoms with Gasteiger partial charge in [-0.15, -0.1) is 0 Å². The summed E-state index contributed by atoms with van der Waals surface area (Å²) in [7, 11) is 0. The number of imidazole rings is 1. The molecular weight excluding hydrogens is 264 g/mol. The Kier molecular flexibility index (Phi) is 2.99. The monoisotopic (exact) mass is 280 g/mol. The van der Waals surface area contributed by atoms with Gasteiger partial charge in [0.15, 0.2) is 4.77 Å². The number of fused-ring (bicyclic) bond motifs is 1. The summed E-state index contributed by atoms with van der Waals surface area (Å²) in [6.07, 6.45) is 6.30. The van der Waals surface area contributed by atoms with Crippen LogP contribution in [0.3, 0.4) is 0 Å². The van der Waals surface area contributed by atoms with Crippen molar-refractivity contribution in [2.45, 2.75) is 44.6 Å². The van der Waals surface area contributed by atoms with Crippen LogP contribution in [0.15, 0.2) is 18.2 Å².